The van der Waals surface area contributed by atoms with Crippen LogP contribution in [0.1, 0.15) is 25.3 Å². The molecule has 22 heavy (non-hydrogen) atoms. The van der Waals surface area contributed by atoms with Crippen molar-refractivity contribution in [3.8, 4) is 5.75 Å². The number of aliphatic carboxylic acids is 1. The molecule has 1 aliphatic carbocycles. The van der Waals surface area contributed by atoms with Gasteiger partial charge >= 0.3 is 5.97 Å². The van der Waals surface area contributed by atoms with Crippen molar-refractivity contribution in [2.24, 2.45) is 0 Å². The van der Waals surface area contributed by atoms with Gasteiger partial charge in [0.05, 0.1) is 13.7 Å². The summed E-state index contributed by atoms with van der Waals surface area (Å²) in [6.07, 6.45) is 1.83. The fraction of sp³-hybridized carbons (Fsp3) is 0.562. The molecule has 1 aromatic carbocycles. The fourth-order valence-corrected chi connectivity index (χ4v) is 2.87. The number of nitrogens with zero attached hydrogens (tertiary/aromatic N) is 1. The third kappa shape index (κ3) is 4.18. The van der Waals surface area contributed by atoms with Crippen molar-refractivity contribution in [2.45, 2.75) is 38.4 Å². The van der Waals surface area contributed by atoms with E-state index in [2.05, 4.69) is 5.32 Å². The van der Waals surface area contributed by atoms with E-state index in [-0.39, 0.29) is 12.4 Å². The molecule has 0 spiro atoms. The molecule has 1 aromatic rings. The Morgan fingerprint density at radius 2 is 2.23 bits per heavy atom. The highest BCUT2D eigenvalue weighted by Gasteiger charge is 2.33. The highest BCUT2D eigenvalue weighted by atomic mass is 19.1. The van der Waals surface area contributed by atoms with Crippen LogP contribution < -0.4 is 10.1 Å². The summed E-state index contributed by atoms with van der Waals surface area (Å²) in [5.74, 6) is -0.392. The van der Waals surface area contributed by atoms with E-state index in [0.717, 1.165) is 24.9 Å². The van der Waals surface area contributed by atoms with Gasteiger partial charge in [-0.2, -0.15) is 0 Å². The fourth-order valence-electron chi connectivity index (χ4n) is 2.87. The first-order valence-corrected chi connectivity index (χ1v) is 7.55. The van der Waals surface area contributed by atoms with Crippen LogP contribution in [-0.2, 0) is 11.3 Å². The van der Waals surface area contributed by atoms with Gasteiger partial charge in [-0.25, -0.2) is 4.39 Å². The topological polar surface area (TPSA) is 61.8 Å². The highest BCUT2D eigenvalue weighted by molar-refractivity contribution is 5.69. The molecule has 6 heteroatoms. The quantitative estimate of drug-likeness (QED) is 0.767. The first kappa shape index (κ1) is 16.7. The van der Waals surface area contributed by atoms with Gasteiger partial charge in [0.1, 0.15) is 11.6 Å². The molecule has 1 aliphatic rings. The van der Waals surface area contributed by atoms with Crippen LogP contribution in [-0.4, -0.2) is 48.3 Å². The molecule has 0 amide bonds. The molecule has 2 rings (SSSR count). The number of carboxylic acids is 1. The summed E-state index contributed by atoms with van der Waals surface area (Å²) in [7, 11) is 1.57. The predicted molar refractivity (Wildman–Crippen MR) is 81.5 cm³/mol. The van der Waals surface area contributed by atoms with E-state index in [1.54, 1.807) is 13.2 Å². The Labute approximate surface area is 130 Å². The number of rotatable bonds is 8. The van der Waals surface area contributed by atoms with E-state index in [4.69, 9.17) is 9.84 Å². The summed E-state index contributed by atoms with van der Waals surface area (Å²) < 4.78 is 18.5. The normalized spacial score (nSPS) is 20.7. The van der Waals surface area contributed by atoms with Crippen LogP contribution in [0.2, 0.25) is 0 Å². The monoisotopic (exact) mass is 310 g/mol. The first-order valence-electron chi connectivity index (χ1n) is 7.55. The Bertz CT molecular complexity index is 518. The summed E-state index contributed by atoms with van der Waals surface area (Å²) in [5, 5.41) is 12.3. The summed E-state index contributed by atoms with van der Waals surface area (Å²) >= 11 is 0. The highest BCUT2D eigenvalue weighted by Crippen LogP contribution is 2.27. The van der Waals surface area contributed by atoms with Gasteiger partial charge < -0.3 is 15.2 Å². The second-order valence-corrected chi connectivity index (χ2v) is 5.62. The molecule has 0 unspecified atom stereocenters. The third-order valence-corrected chi connectivity index (χ3v) is 4.20. The molecular formula is C16H23FN2O3. The minimum absolute atomic E-state index is 0.0889. The lowest BCUT2D eigenvalue weighted by Gasteiger charge is -2.42. The lowest BCUT2D eigenvalue weighted by Crippen LogP contribution is -2.53. The summed E-state index contributed by atoms with van der Waals surface area (Å²) in [4.78, 5) is 12.8. The van der Waals surface area contributed by atoms with Gasteiger partial charge in [-0.3, -0.25) is 9.69 Å². The SMILES string of the molecule is CCN(CC(=O)O)C1CC(NCc2cc(F)ccc2OC)C1. The molecule has 5 nitrogen and oxygen atoms in total. The molecule has 0 aromatic heterocycles. The Balaban J connectivity index is 1.81. The molecule has 122 valence electrons. The number of hydrogen-bond donors (Lipinski definition) is 2. The van der Waals surface area contributed by atoms with E-state index in [9.17, 15) is 9.18 Å². The number of benzene rings is 1. The van der Waals surface area contributed by atoms with Crippen molar-refractivity contribution in [1.82, 2.24) is 10.2 Å². The number of hydrogen-bond acceptors (Lipinski definition) is 4. The molecule has 0 aliphatic heterocycles. The van der Waals surface area contributed by atoms with E-state index in [1.807, 2.05) is 11.8 Å². The standard InChI is InChI=1S/C16H23FN2O3/c1-3-19(10-16(20)21)14-7-13(8-14)18-9-11-6-12(17)4-5-15(11)22-2/h4-6,13-14,18H,3,7-10H2,1-2H3,(H,20,21). The average molecular weight is 310 g/mol. The zero-order chi connectivity index (χ0) is 16.1. The zero-order valence-corrected chi connectivity index (χ0v) is 13.0. The minimum Gasteiger partial charge on any atom is -0.496 e. The van der Waals surface area contributed by atoms with Crippen molar-refractivity contribution < 1.29 is 19.0 Å². The lowest BCUT2D eigenvalue weighted by atomic mass is 9.85. The largest absolute Gasteiger partial charge is 0.496 e. The maximum absolute atomic E-state index is 13.3. The van der Waals surface area contributed by atoms with Crippen LogP contribution in [0.25, 0.3) is 0 Å². The Morgan fingerprint density at radius 3 is 2.82 bits per heavy atom. The van der Waals surface area contributed by atoms with Crippen molar-refractivity contribution in [1.29, 1.82) is 0 Å². The maximum Gasteiger partial charge on any atom is 0.317 e. The number of ether oxygens (including phenoxy) is 1. The van der Waals surface area contributed by atoms with Crippen LogP contribution >= 0.6 is 0 Å². The summed E-state index contributed by atoms with van der Waals surface area (Å²) in [6, 6.07) is 5.13. The smallest absolute Gasteiger partial charge is 0.317 e. The number of carboxylic acid groups (broad SMARTS) is 1. The molecular weight excluding hydrogens is 287 g/mol. The molecule has 1 saturated carbocycles. The minimum atomic E-state index is -0.789. The van der Waals surface area contributed by atoms with Crippen LogP contribution in [0.3, 0.4) is 0 Å². The molecule has 2 N–H and O–H groups in total. The van der Waals surface area contributed by atoms with Crippen LogP contribution in [0.15, 0.2) is 18.2 Å². The number of halogens is 1. The maximum atomic E-state index is 13.3. The van der Waals surface area contributed by atoms with E-state index >= 15 is 0 Å². The van der Waals surface area contributed by atoms with Gasteiger partial charge in [0.2, 0.25) is 0 Å². The molecule has 0 saturated heterocycles. The van der Waals surface area contributed by atoms with Gasteiger partial charge in [0, 0.05) is 24.2 Å². The van der Waals surface area contributed by atoms with Crippen molar-refractivity contribution in [3.05, 3.63) is 29.6 Å². The second-order valence-electron chi connectivity index (χ2n) is 5.62. The third-order valence-electron chi connectivity index (χ3n) is 4.20. The van der Waals surface area contributed by atoms with Crippen molar-refractivity contribution in [2.75, 3.05) is 20.2 Å². The van der Waals surface area contributed by atoms with E-state index < -0.39 is 5.97 Å². The van der Waals surface area contributed by atoms with Gasteiger partial charge in [0.25, 0.3) is 0 Å². The van der Waals surface area contributed by atoms with Gasteiger partial charge in [-0.1, -0.05) is 6.92 Å². The molecule has 0 atom stereocenters. The lowest BCUT2D eigenvalue weighted by molar-refractivity contribution is -0.139. The summed E-state index contributed by atoms with van der Waals surface area (Å²) in [6.45, 7) is 3.34. The molecule has 0 bridgehead atoms. The Hall–Kier alpha value is -1.66. The Kier molecular flexibility index (Phi) is 5.74. The van der Waals surface area contributed by atoms with E-state index in [1.165, 1.54) is 12.1 Å². The van der Waals surface area contributed by atoms with Gasteiger partial charge in [0.15, 0.2) is 0 Å². The van der Waals surface area contributed by atoms with Crippen LogP contribution in [0.5, 0.6) is 5.75 Å². The predicted octanol–water partition coefficient (Wildman–Crippen LogP) is 1.86. The number of nitrogens with one attached hydrogen (secondary N) is 1. The molecule has 0 radical (unpaired) electrons. The number of likely N-dealkylation sites (N-methyl/N-ethyl adjacent to an activating group) is 1. The first-order chi connectivity index (χ1) is 10.5. The van der Waals surface area contributed by atoms with Gasteiger partial charge in [-0.15, -0.1) is 0 Å². The van der Waals surface area contributed by atoms with Crippen LogP contribution in [0.4, 0.5) is 4.39 Å². The van der Waals surface area contributed by atoms with Crippen molar-refractivity contribution >= 4 is 5.97 Å². The van der Waals surface area contributed by atoms with Crippen molar-refractivity contribution in [3.63, 3.8) is 0 Å². The van der Waals surface area contributed by atoms with E-state index in [0.29, 0.717) is 24.4 Å². The molecule has 1 fully saturated rings. The zero-order valence-electron chi connectivity index (χ0n) is 13.0. The average Bonchev–Trinajstić information content (AvgIpc) is 2.44. The van der Waals surface area contributed by atoms with Gasteiger partial charge in [-0.05, 0) is 37.6 Å². The molecule has 0 heterocycles. The van der Waals surface area contributed by atoms with Crippen LogP contribution in [0, 0.1) is 5.82 Å². The second kappa shape index (κ2) is 7.56. The summed E-state index contributed by atoms with van der Waals surface area (Å²) in [5.41, 5.74) is 0.795. The number of carbonyl (C=O) groups is 1. The Morgan fingerprint density at radius 1 is 1.50 bits per heavy atom. The number of methoxy groups -OCH3 is 1.